The van der Waals surface area contributed by atoms with Crippen molar-refractivity contribution in [3.63, 3.8) is 0 Å². The predicted octanol–water partition coefficient (Wildman–Crippen LogP) is 3.85. The highest BCUT2D eigenvalue weighted by atomic mass is 15.6. The lowest BCUT2D eigenvalue weighted by atomic mass is 9.95. The van der Waals surface area contributed by atoms with Crippen LogP contribution in [0.1, 0.15) is 44.6 Å². The number of quaternary nitrogens is 1. The van der Waals surface area contributed by atoms with Crippen LogP contribution in [0.25, 0.3) is 0 Å². The maximum absolute atomic E-state index is 4.87. The molecule has 1 aliphatic carbocycles. The molecule has 1 unspecified atom stereocenters. The first-order chi connectivity index (χ1) is 11.6. The summed E-state index contributed by atoms with van der Waals surface area (Å²) in [4.78, 5) is 2.19. The lowest BCUT2D eigenvalue weighted by Gasteiger charge is -2.27. The van der Waals surface area contributed by atoms with Gasteiger partial charge in [0.05, 0.1) is 0 Å². The molecule has 24 heavy (non-hydrogen) atoms. The molecule has 4 nitrogen and oxygen atoms in total. The van der Waals surface area contributed by atoms with Crippen molar-refractivity contribution < 1.29 is 4.59 Å². The highest BCUT2D eigenvalue weighted by molar-refractivity contribution is 5.78. The van der Waals surface area contributed by atoms with Crippen molar-refractivity contribution in [1.29, 1.82) is 0 Å². The van der Waals surface area contributed by atoms with E-state index in [-0.39, 0.29) is 0 Å². The minimum absolute atomic E-state index is 0.627. The Bertz CT molecular complexity index is 614. The second-order valence-corrected chi connectivity index (χ2v) is 7.29. The number of para-hydroxylation sites is 1. The fourth-order valence-corrected chi connectivity index (χ4v) is 3.81. The van der Waals surface area contributed by atoms with Gasteiger partial charge in [0.2, 0.25) is 0 Å². The summed E-state index contributed by atoms with van der Waals surface area (Å²) in [5.41, 5.74) is 3.82. The summed E-state index contributed by atoms with van der Waals surface area (Å²) in [5, 5.41) is 8.58. The molecule has 0 amide bonds. The third kappa shape index (κ3) is 3.81. The van der Waals surface area contributed by atoms with Crippen molar-refractivity contribution in [2.45, 2.75) is 51.6 Å². The molecule has 1 heterocycles. The van der Waals surface area contributed by atoms with Gasteiger partial charge in [-0.2, -0.15) is 4.59 Å². The van der Waals surface area contributed by atoms with E-state index in [0.717, 1.165) is 13.1 Å². The molecule has 1 N–H and O–H groups in total. The summed E-state index contributed by atoms with van der Waals surface area (Å²) in [6.45, 7) is 4.08. The van der Waals surface area contributed by atoms with E-state index in [4.69, 9.17) is 5.10 Å². The number of hydrogen-bond donors (Lipinski definition) is 1. The Kier molecular flexibility index (Phi) is 5.24. The lowest BCUT2D eigenvalue weighted by molar-refractivity contribution is -0.895. The number of allylic oxidation sites excluding steroid dienone is 1. The molecule has 0 radical (unpaired) electrons. The summed E-state index contributed by atoms with van der Waals surface area (Å²) in [6, 6.07) is 9.27. The quantitative estimate of drug-likeness (QED) is 0.804. The summed E-state index contributed by atoms with van der Waals surface area (Å²) < 4.78 is 0.653. The third-order valence-electron chi connectivity index (χ3n) is 5.25. The van der Waals surface area contributed by atoms with Crippen molar-refractivity contribution >= 4 is 11.9 Å². The molecule has 1 fully saturated rings. The van der Waals surface area contributed by atoms with E-state index < -0.39 is 0 Å². The molecule has 1 aromatic rings. The van der Waals surface area contributed by atoms with Crippen molar-refractivity contribution in [3.05, 3.63) is 41.7 Å². The minimum Gasteiger partial charge on any atom is -0.377 e. The largest absolute Gasteiger partial charge is 0.377 e. The zero-order chi connectivity index (χ0) is 17.0. The van der Waals surface area contributed by atoms with Crippen LogP contribution in [0.4, 0.5) is 5.69 Å². The molecule has 0 saturated heterocycles. The van der Waals surface area contributed by atoms with E-state index in [0.29, 0.717) is 10.6 Å². The smallest absolute Gasteiger partial charge is 0.148 e. The second kappa shape index (κ2) is 7.39. The summed E-state index contributed by atoms with van der Waals surface area (Å²) in [6.07, 6.45) is 11.0. The highest BCUT2D eigenvalue weighted by Gasteiger charge is 2.31. The number of anilines is 1. The lowest BCUT2D eigenvalue weighted by Crippen LogP contribution is -2.36. The van der Waals surface area contributed by atoms with Crippen molar-refractivity contribution in [2.24, 2.45) is 5.10 Å². The van der Waals surface area contributed by atoms with Gasteiger partial charge in [-0.15, -0.1) is 0 Å². The van der Waals surface area contributed by atoms with Gasteiger partial charge in [0, 0.05) is 31.4 Å². The van der Waals surface area contributed by atoms with Gasteiger partial charge in [-0.3, -0.25) is 0 Å². The minimum atomic E-state index is 0.627. The maximum atomic E-state index is 4.87. The Hall–Kier alpha value is -1.81. The molecular formula is C20H31N4+. The standard InChI is InChI=1S/C20H31N4/c1-4-24(15-17-10-8-9-13-20(17)23(2)3)16-19(14-21-24)22-18-11-6-5-7-12-18/h8-10,13-14,16,18,22H,4-7,11-12,15H2,1-3H3/q+1. The fraction of sp³-hybridized carbons (Fsp3) is 0.550. The van der Waals surface area contributed by atoms with Crippen molar-refractivity contribution in [2.75, 3.05) is 25.5 Å². The van der Waals surface area contributed by atoms with Gasteiger partial charge in [0.25, 0.3) is 0 Å². The molecule has 3 rings (SSSR count). The first-order valence-electron chi connectivity index (χ1n) is 9.29. The SMILES string of the molecule is CC[N+]1(Cc2ccccc2N(C)C)C=C(NC2CCCCC2)C=N1. The third-order valence-corrected chi connectivity index (χ3v) is 5.25. The monoisotopic (exact) mass is 327 g/mol. The van der Waals surface area contributed by atoms with Crippen LogP contribution < -0.4 is 10.2 Å². The maximum Gasteiger partial charge on any atom is 0.148 e. The summed E-state index contributed by atoms with van der Waals surface area (Å²) >= 11 is 0. The Morgan fingerprint density at radius 2 is 1.92 bits per heavy atom. The number of nitrogens with zero attached hydrogens (tertiary/aromatic N) is 3. The second-order valence-electron chi connectivity index (χ2n) is 7.29. The molecule has 2 aliphatic rings. The van der Waals surface area contributed by atoms with Crippen LogP contribution in [0, 0.1) is 0 Å². The molecule has 0 aromatic heterocycles. The van der Waals surface area contributed by atoms with E-state index in [9.17, 15) is 0 Å². The van der Waals surface area contributed by atoms with E-state index in [1.54, 1.807) is 0 Å². The van der Waals surface area contributed by atoms with E-state index >= 15 is 0 Å². The molecule has 1 saturated carbocycles. The zero-order valence-corrected chi connectivity index (χ0v) is 15.3. The van der Waals surface area contributed by atoms with Crippen LogP contribution in [0.2, 0.25) is 0 Å². The first kappa shape index (κ1) is 17.0. The molecule has 1 aliphatic heterocycles. The van der Waals surface area contributed by atoms with Crippen molar-refractivity contribution in [3.8, 4) is 0 Å². The Morgan fingerprint density at radius 1 is 1.17 bits per heavy atom. The van der Waals surface area contributed by atoms with Crippen LogP contribution >= 0.6 is 0 Å². The van der Waals surface area contributed by atoms with Crippen LogP contribution in [0.5, 0.6) is 0 Å². The van der Waals surface area contributed by atoms with Gasteiger partial charge in [0.15, 0.2) is 0 Å². The average molecular weight is 327 g/mol. The van der Waals surface area contributed by atoms with Gasteiger partial charge in [-0.25, -0.2) is 0 Å². The molecule has 0 spiro atoms. The molecule has 4 heteroatoms. The van der Waals surface area contributed by atoms with E-state index in [2.05, 4.69) is 61.7 Å². The Labute approximate surface area is 146 Å². The van der Waals surface area contributed by atoms with Crippen LogP contribution in [0.3, 0.4) is 0 Å². The number of hydrogen-bond acceptors (Lipinski definition) is 3. The van der Waals surface area contributed by atoms with Gasteiger partial charge < -0.3 is 10.2 Å². The fourth-order valence-electron chi connectivity index (χ4n) is 3.81. The van der Waals surface area contributed by atoms with Crippen LogP contribution in [0.15, 0.2) is 41.3 Å². The topological polar surface area (TPSA) is 27.6 Å². The zero-order valence-electron chi connectivity index (χ0n) is 15.3. The predicted molar refractivity (Wildman–Crippen MR) is 102 cm³/mol. The molecule has 0 bridgehead atoms. The van der Waals surface area contributed by atoms with E-state index in [1.807, 2.05) is 6.21 Å². The Morgan fingerprint density at radius 3 is 2.62 bits per heavy atom. The van der Waals surface area contributed by atoms with Gasteiger partial charge in [0.1, 0.15) is 31.2 Å². The molecule has 130 valence electrons. The van der Waals surface area contributed by atoms with Crippen LogP contribution in [-0.4, -0.2) is 37.5 Å². The molecule has 1 atom stereocenters. The molecule has 1 aromatic carbocycles. The van der Waals surface area contributed by atoms with Crippen LogP contribution in [-0.2, 0) is 6.54 Å². The average Bonchev–Trinajstić information content (AvgIpc) is 2.99. The molecular weight excluding hydrogens is 296 g/mol. The number of rotatable bonds is 6. The number of nitrogens with one attached hydrogen (secondary N) is 1. The Balaban J connectivity index is 1.75. The number of benzene rings is 1. The van der Waals surface area contributed by atoms with Gasteiger partial charge in [-0.05, 0) is 25.8 Å². The normalized spacial score (nSPS) is 24.0. The van der Waals surface area contributed by atoms with E-state index in [1.165, 1.54) is 49.1 Å². The van der Waals surface area contributed by atoms with Crippen molar-refractivity contribution in [1.82, 2.24) is 5.32 Å². The first-order valence-corrected chi connectivity index (χ1v) is 9.29. The van der Waals surface area contributed by atoms with Gasteiger partial charge >= 0.3 is 0 Å². The summed E-state index contributed by atoms with van der Waals surface area (Å²) in [7, 11) is 4.21. The van der Waals surface area contributed by atoms with Gasteiger partial charge in [-0.1, -0.05) is 42.6 Å². The highest BCUT2D eigenvalue weighted by Crippen LogP contribution is 2.27. The summed E-state index contributed by atoms with van der Waals surface area (Å²) in [5.74, 6) is 0.